The summed E-state index contributed by atoms with van der Waals surface area (Å²) in [6.45, 7) is 0. The van der Waals surface area contributed by atoms with Gasteiger partial charge in [-0.05, 0) is 36.4 Å². The molecule has 3 N–H and O–H groups in total. The lowest BCUT2D eigenvalue weighted by molar-refractivity contribution is 0.104. The van der Waals surface area contributed by atoms with Crippen molar-refractivity contribution in [2.45, 2.75) is 0 Å². The fourth-order valence-corrected chi connectivity index (χ4v) is 2.85. The van der Waals surface area contributed by atoms with E-state index in [0.717, 1.165) is 5.39 Å². The molecule has 0 atom stereocenters. The number of urea groups is 1. The summed E-state index contributed by atoms with van der Waals surface area (Å²) in [5.41, 5.74) is 2.92. The second-order valence-electron chi connectivity index (χ2n) is 5.96. The van der Waals surface area contributed by atoms with Crippen molar-refractivity contribution in [3.05, 3.63) is 90.3 Å². The van der Waals surface area contributed by atoms with Crippen LogP contribution in [0.5, 0.6) is 0 Å². The Bertz CT molecular complexity index is 1120. The van der Waals surface area contributed by atoms with E-state index >= 15 is 0 Å². The van der Waals surface area contributed by atoms with Crippen LogP contribution >= 0.6 is 0 Å². The minimum atomic E-state index is -0.373. The van der Waals surface area contributed by atoms with Gasteiger partial charge in [0.05, 0.1) is 0 Å². The van der Waals surface area contributed by atoms with Crippen molar-refractivity contribution in [1.82, 2.24) is 9.97 Å². The smallest absolute Gasteiger partial charge is 0.323 e. The fourth-order valence-electron chi connectivity index (χ4n) is 2.85. The highest BCUT2D eigenvalue weighted by atomic mass is 16.2. The van der Waals surface area contributed by atoms with E-state index in [-0.39, 0.29) is 11.8 Å². The van der Waals surface area contributed by atoms with Gasteiger partial charge in [-0.25, -0.2) is 9.78 Å². The number of nitrogens with one attached hydrogen (secondary N) is 3. The molecular weight excluding hydrogens is 340 g/mol. The van der Waals surface area contributed by atoms with E-state index in [1.54, 1.807) is 54.9 Å². The van der Waals surface area contributed by atoms with Gasteiger partial charge in [0.15, 0.2) is 5.78 Å². The molecule has 2 aromatic heterocycles. The number of carbonyl (C=O) groups is 2. The molecule has 0 spiro atoms. The van der Waals surface area contributed by atoms with Gasteiger partial charge in [0.2, 0.25) is 0 Å². The highest BCUT2D eigenvalue weighted by Crippen LogP contribution is 2.21. The summed E-state index contributed by atoms with van der Waals surface area (Å²) in [7, 11) is 0. The second-order valence-corrected chi connectivity index (χ2v) is 5.96. The van der Waals surface area contributed by atoms with Gasteiger partial charge in [0, 0.05) is 40.3 Å². The van der Waals surface area contributed by atoms with Crippen LogP contribution in [0.3, 0.4) is 0 Å². The number of aromatic amines is 1. The van der Waals surface area contributed by atoms with Crippen molar-refractivity contribution in [1.29, 1.82) is 0 Å². The molecule has 0 aliphatic rings. The van der Waals surface area contributed by atoms with Crippen LogP contribution in [0, 0.1) is 0 Å². The summed E-state index contributed by atoms with van der Waals surface area (Å²) in [4.78, 5) is 32.2. The van der Waals surface area contributed by atoms with Crippen LogP contribution < -0.4 is 10.6 Å². The summed E-state index contributed by atoms with van der Waals surface area (Å²) < 4.78 is 0. The summed E-state index contributed by atoms with van der Waals surface area (Å²) in [6, 6.07) is 19.3. The zero-order chi connectivity index (χ0) is 18.6. The summed E-state index contributed by atoms with van der Waals surface area (Å²) in [6.07, 6.45) is 3.32. The van der Waals surface area contributed by atoms with Crippen LogP contribution in [0.4, 0.5) is 16.2 Å². The van der Waals surface area contributed by atoms with Crippen molar-refractivity contribution in [2.24, 2.45) is 0 Å². The van der Waals surface area contributed by atoms with Crippen LogP contribution in [0.25, 0.3) is 11.0 Å². The molecule has 6 nitrogen and oxygen atoms in total. The average Bonchev–Trinajstić information content (AvgIpc) is 3.12. The number of fused-ring (bicyclic) bond motifs is 1. The van der Waals surface area contributed by atoms with E-state index < -0.39 is 0 Å². The Morgan fingerprint density at radius 3 is 2.48 bits per heavy atom. The monoisotopic (exact) mass is 356 g/mol. The standard InChI is InChI=1S/C21H16N4O2/c26-19(18-13-23-20-17(18)10-5-11-22-20)14-6-4-9-16(12-14)25-21(27)24-15-7-2-1-3-8-15/h1-13H,(H,22,23)(H2,24,25,27). The molecule has 4 rings (SSSR count). The molecule has 0 saturated carbocycles. The van der Waals surface area contributed by atoms with Crippen LogP contribution in [0.1, 0.15) is 15.9 Å². The molecule has 2 heterocycles. The molecule has 0 fully saturated rings. The lowest BCUT2D eigenvalue weighted by Crippen LogP contribution is -2.19. The van der Waals surface area contributed by atoms with Crippen LogP contribution in [-0.2, 0) is 0 Å². The predicted octanol–water partition coefficient (Wildman–Crippen LogP) is 4.44. The quantitative estimate of drug-likeness (QED) is 0.473. The molecule has 2 amide bonds. The largest absolute Gasteiger partial charge is 0.345 e. The van der Waals surface area contributed by atoms with Gasteiger partial charge in [-0.2, -0.15) is 0 Å². The molecule has 4 aromatic rings. The maximum atomic E-state index is 12.9. The molecule has 0 aliphatic heterocycles. The fraction of sp³-hybridized carbons (Fsp3) is 0. The SMILES string of the molecule is O=C(Nc1ccccc1)Nc1cccc(C(=O)c2c[nH]c3ncccc23)c1. The molecule has 132 valence electrons. The van der Waals surface area contributed by atoms with Crippen molar-refractivity contribution >= 4 is 34.2 Å². The summed E-state index contributed by atoms with van der Waals surface area (Å²) in [5.74, 6) is -0.138. The third kappa shape index (κ3) is 3.55. The first-order valence-electron chi connectivity index (χ1n) is 8.40. The summed E-state index contributed by atoms with van der Waals surface area (Å²) in [5, 5.41) is 6.25. The molecule has 0 aliphatic carbocycles. The van der Waals surface area contributed by atoms with Gasteiger partial charge >= 0.3 is 6.03 Å². The van der Waals surface area contributed by atoms with E-state index in [9.17, 15) is 9.59 Å². The number of H-pyrrole nitrogens is 1. The number of nitrogens with zero attached hydrogens (tertiary/aromatic N) is 1. The average molecular weight is 356 g/mol. The number of carbonyl (C=O) groups excluding carboxylic acids is 2. The van der Waals surface area contributed by atoms with Gasteiger partial charge in [0.1, 0.15) is 5.65 Å². The van der Waals surface area contributed by atoms with Crippen molar-refractivity contribution in [2.75, 3.05) is 10.6 Å². The van der Waals surface area contributed by atoms with E-state index in [2.05, 4.69) is 20.6 Å². The van der Waals surface area contributed by atoms with Gasteiger partial charge in [-0.15, -0.1) is 0 Å². The lowest BCUT2D eigenvalue weighted by Gasteiger charge is -2.08. The van der Waals surface area contributed by atoms with Gasteiger partial charge in [-0.1, -0.05) is 30.3 Å². The Morgan fingerprint density at radius 1 is 0.852 bits per heavy atom. The molecular formula is C21H16N4O2. The first kappa shape index (κ1) is 16.5. The number of ketones is 1. The maximum absolute atomic E-state index is 12.9. The van der Waals surface area contributed by atoms with Crippen molar-refractivity contribution < 1.29 is 9.59 Å². The first-order chi connectivity index (χ1) is 13.2. The molecule has 2 aromatic carbocycles. The normalized spacial score (nSPS) is 10.5. The topological polar surface area (TPSA) is 86.9 Å². The van der Waals surface area contributed by atoms with Crippen molar-refractivity contribution in [3.63, 3.8) is 0 Å². The Balaban J connectivity index is 1.53. The molecule has 0 saturated heterocycles. The Kier molecular flexibility index (Phi) is 4.37. The highest BCUT2D eigenvalue weighted by Gasteiger charge is 2.15. The van der Waals surface area contributed by atoms with Gasteiger partial charge < -0.3 is 15.6 Å². The van der Waals surface area contributed by atoms with Crippen molar-refractivity contribution in [3.8, 4) is 0 Å². The second kappa shape index (κ2) is 7.13. The number of benzene rings is 2. The van der Waals surface area contributed by atoms with Gasteiger partial charge in [-0.3, -0.25) is 4.79 Å². The number of aromatic nitrogens is 2. The Morgan fingerprint density at radius 2 is 1.63 bits per heavy atom. The van der Waals surface area contributed by atoms with Crippen LogP contribution in [-0.4, -0.2) is 21.8 Å². The third-order valence-corrected chi connectivity index (χ3v) is 4.11. The number of hydrogen-bond donors (Lipinski definition) is 3. The predicted molar refractivity (Wildman–Crippen MR) is 105 cm³/mol. The molecule has 0 radical (unpaired) electrons. The van der Waals surface area contributed by atoms with E-state index in [1.807, 2.05) is 24.3 Å². The number of rotatable bonds is 4. The van der Waals surface area contributed by atoms with Crippen LogP contribution in [0.15, 0.2) is 79.1 Å². The number of pyridine rings is 1. The number of amides is 2. The lowest BCUT2D eigenvalue weighted by atomic mass is 10.0. The van der Waals surface area contributed by atoms with E-state index in [4.69, 9.17) is 0 Å². The highest BCUT2D eigenvalue weighted by molar-refractivity contribution is 6.16. The minimum Gasteiger partial charge on any atom is -0.345 e. The van der Waals surface area contributed by atoms with E-state index in [1.165, 1.54) is 0 Å². The third-order valence-electron chi connectivity index (χ3n) is 4.11. The zero-order valence-corrected chi connectivity index (χ0v) is 14.3. The Labute approximate surface area is 155 Å². The zero-order valence-electron chi connectivity index (χ0n) is 14.3. The number of hydrogen-bond acceptors (Lipinski definition) is 3. The molecule has 0 unspecified atom stereocenters. The Hall–Kier alpha value is -3.93. The maximum Gasteiger partial charge on any atom is 0.323 e. The van der Waals surface area contributed by atoms with Crippen LogP contribution in [0.2, 0.25) is 0 Å². The number of para-hydroxylation sites is 1. The first-order valence-corrected chi connectivity index (χ1v) is 8.40. The number of anilines is 2. The molecule has 6 heteroatoms. The van der Waals surface area contributed by atoms with E-state index in [0.29, 0.717) is 28.1 Å². The summed E-state index contributed by atoms with van der Waals surface area (Å²) >= 11 is 0. The molecule has 27 heavy (non-hydrogen) atoms. The molecule has 0 bridgehead atoms. The minimum absolute atomic E-state index is 0.138. The van der Waals surface area contributed by atoms with Gasteiger partial charge in [0.25, 0.3) is 0 Å².